The van der Waals surface area contributed by atoms with Gasteiger partial charge in [0.25, 0.3) is 0 Å². The second-order valence-electron chi connectivity index (χ2n) is 0.954. The minimum absolute atomic E-state index is 0. The highest BCUT2D eigenvalue weighted by atomic mass is 31.1. The Hall–Kier alpha value is 1.21. The first-order valence-electron chi connectivity index (χ1n) is 1.75. The summed E-state index contributed by atoms with van der Waals surface area (Å²) in [7, 11) is 11.0. The van der Waals surface area contributed by atoms with E-state index in [2.05, 4.69) is 33.3 Å². The molecule has 3 atom stereocenters. The van der Waals surface area contributed by atoms with E-state index in [0.717, 1.165) is 0 Å². The van der Waals surface area contributed by atoms with Gasteiger partial charge in [-0.05, 0) is 14.1 Å². The van der Waals surface area contributed by atoms with Crippen LogP contribution >= 0.6 is 28.2 Å². The molecule has 0 saturated heterocycles. The molecule has 0 rings (SSSR count). The van der Waals surface area contributed by atoms with Crippen LogP contribution in [0.2, 0.25) is 0 Å². The number of hydrogen-bond donors (Lipinski definition) is 1. The average molecular weight is 174 g/mol. The van der Waals surface area contributed by atoms with Crippen molar-refractivity contribution < 1.29 is 0 Å². The topological polar surface area (TPSA) is 15.3 Å². The van der Waals surface area contributed by atoms with Gasteiger partial charge < -0.3 is 5.09 Å². The van der Waals surface area contributed by atoms with Gasteiger partial charge in [0, 0.05) is 0 Å². The first kappa shape index (κ1) is 16.1. The lowest BCUT2D eigenvalue weighted by atomic mass is 11.6. The van der Waals surface area contributed by atoms with E-state index < -0.39 is 0 Å². The molecule has 0 aromatic rings. The molecule has 3 unspecified atom stereocenters. The third-order valence-electron chi connectivity index (χ3n) is 0. The minimum atomic E-state index is 0. The molecule has 8 heavy (non-hydrogen) atoms. The summed E-state index contributed by atoms with van der Waals surface area (Å²) in [6, 6.07) is 0. The van der Waals surface area contributed by atoms with Crippen LogP contribution in [0, 0.1) is 0 Å². The molecule has 0 aliphatic rings. The van der Waals surface area contributed by atoms with E-state index in [0.29, 0.717) is 0 Å². The van der Waals surface area contributed by atoms with Crippen molar-refractivity contribution in [3.05, 3.63) is 0 Å². The number of nitrogens with zero attached hydrogens (tertiary/aromatic N) is 1. The van der Waals surface area contributed by atoms with Crippen LogP contribution in [0.4, 0.5) is 0 Å². The molecule has 0 bridgehead atoms. The molecular weight excluding hydrogens is 157 g/mol. The van der Waals surface area contributed by atoms with Gasteiger partial charge in [-0.15, -0.1) is 0 Å². The van der Waals surface area contributed by atoms with Crippen molar-refractivity contribution in [1.29, 1.82) is 0 Å². The largest absolute Gasteiger partial charge is 0.304 e. The Morgan fingerprint density at radius 3 is 1.38 bits per heavy atom. The zero-order valence-corrected chi connectivity index (χ0v) is 8.14. The number of rotatable bonds is 0. The highest BCUT2D eigenvalue weighted by Crippen LogP contribution is 1.96. The van der Waals surface area contributed by atoms with E-state index >= 15 is 0 Å². The van der Waals surface area contributed by atoms with E-state index in [9.17, 15) is 0 Å². The fraction of sp³-hybridized carbons (Fsp3) is 1.00. The lowest BCUT2D eigenvalue weighted by Crippen LogP contribution is -1.74. The van der Waals surface area contributed by atoms with Gasteiger partial charge in [0.2, 0.25) is 0 Å². The van der Waals surface area contributed by atoms with Crippen molar-refractivity contribution in [1.82, 2.24) is 9.53 Å². The second kappa shape index (κ2) is 15.7. The van der Waals surface area contributed by atoms with Crippen molar-refractivity contribution in [2.24, 2.45) is 0 Å². The van der Waals surface area contributed by atoms with Crippen LogP contribution in [0.25, 0.3) is 0 Å². The predicted octanol–water partition coefficient (Wildman–Crippen LogP) is 1.13. The van der Waals surface area contributed by atoms with E-state index in [4.69, 9.17) is 0 Å². The molecule has 0 aromatic carbocycles. The highest BCUT2D eigenvalue weighted by Gasteiger charge is 1.58. The zero-order valence-electron chi connectivity index (χ0n) is 4.68. The maximum atomic E-state index is 2.67. The van der Waals surface area contributed by atoms with E-state index in [1.54, 1.807) is 0 Å². The molecule has 0 heterocycles. The molecule has 0 amide bonds. The molecule has 0 saturated carbocycles. The summed E-state index contributed by atoms with van der Waals surface area (Å²) in [6.45, 7) is 0. The molecule has 5 heteroatoms. The Labute approximate surface area is 59.9 Å². The smallest absolute Gasteiger partial charge is 0.00641 e. The van der Waals surface area contributed by atoms with Gasteiger partial charge in [-0.25, -0.2) is 0 Å². The second-order valence-corrected chi connectivity index (χ2v) is 3.76. The zero-order chi connectivity index (χ0) is 6.28. The van der Waals surface area contributed by atoms with E-state index in [-0.39, 0.29) is 7.43 Å². The molecule has 0 aromatic heterocycles. The Morgan fingerprint density at radius 1 is 1.38 bits per heavy atom. The van der Waals surface area contributed by atoms with Gasteiger partial charge in [-0.3, -0.25) is 4.44 Å². The number of hydrogen-bond acceptors (Lipinski definition) is 2. The summed E-state index contributed by atoms with van der Waals surface area (Å²) >= 11 is 0. The van der Waals surface area contributed by atoms with Crippen molar-refractivity contribution >= 4 is 28.2 Å². The van der Waals surface area contributed by atoms with E-state index in [1.807, 2.05) is 18.5 Å². The summed E-state index contributed by atoms with van der Waals surface area (Å²) in [5.74, 6) is 0. The third kappa shape index (κ3) is 190. The van der Waals surface area contributed by atoms with Crippen molar-refractivity contribution in [3.63, 3.8) is 0 Å². The Balaban J connectivity index is -0.0000000575. The lowest BCUT2D eigenvalue weighted by molar-refractivity contribution is 0.950. The monoisotopic (exact) mass is 174 g/mol. The number of nitrogens with one attached hydrogen (secondary N) is 1. The van der Waals surface area contributed by atoms with Crippen LogP contribution in [0.5, 0.6) is 0 Å². The fourth-order valence-corrected chi connectivity index (χ4v) is 0. The molecular formula is C3H17N2P3. The van der Waals surface area contributed by atoms with Crippen LogP contribution in [0.1, 0.15) is 7.43 Å². The summed E-state index contributed by atoms with van der Waals surface area (Å²) in [6.07, 6.45) is 0. The SMILES string of the molecule is C.CN(P)P.CNP. The summed E-state index contributed by atoms with van der Waals surface area (Å²) in [4.78, 5) is 0. The molecule has 0 aliphatic carbocycles. The van der Waals surface area contributed by atoms with Crippen molar-refractivity contribution in [2.45, 2.75) is 7.43 Å². The minimum Gasteiger partial charge on any atom is -0.304 e. The normalized spacial score (nSPS) is 6.75. The molecule has 2 nitrogen and oxygen atoms in total. The Kier molecular flexibility index (Phi) is 31.6. The van der Waals surface area contributed by atoms with Crippen molar-refractivity contribution in [2.75, 3.05) is 14.1 Å². The van der Waals surface area contributed by atoms with Crippen LogP contribution in [0.15, 0.2) is 0 Å². The van der Waals surface area contributed by atoms with Gasteiger partial charge in [0.05, 0.1) is 0 Å². The molecule has 0 spiro atoms. The Morgan fingerprint density at radius 2 is 1.38 bits per heavy atom. The molecule has 0 aliphatic heterocycles. The average Bonchev–Trinajstić information content (AvgIpc) is 1.33. The van der Waals surface area contributed by atoms with E-state index in [1.165, 1.54) is 0 Å². The van der Waals surface area contributed by atoms with Crippen LogP contribution in [-0.4, -0.2) is 18.5 Å². The summed E-state index contributed by atoms with van der Waals surface area (Å²) in [5.41, 5.74) is 0. The van der Waals surface area contributed by atoms with Gasteiger partial charge in [-0.1, -0.05) is 35.6 Å². The van der Waals surface area contributed by atoms with Crippen molar-refractivity contribution in [3.8, 4) is 0 Å². The lowest BCUT2D eigenvalue weighted by Gasteiger charge is -1.89. The molecule has 54 valence electrons. The van der Waals surface area contributed by atoms with Gasteiger partial charge in [0.1, 0.15) is 0 Å². The van der Waals surface area contributed by atoms with Gasteiger partial charge >= 0.3 is 0 Å². The Bertz CT molecular complexity index is 23.7. The maximum Gasteiger partial charge on any atom is -0.00641 e. The van der Waals surface area contributed by atoms with Gasteiger partial charge in [0.15, 0.2) is 0 Å². The first-order chi connectivity index (χ1) is 3.15. The molecule has 0 radical (unpaired) electrons. The molecule has 1 N–H and O–H groups in total. The maximum absolute atomic E-state index is 2.67. The van der Waals surface area contributed by atoms with Crippen LogP contribution in [-0.2, 0) is 0 Å². The standard InChI is InChI=1S/CH7NP2.CH6NP.CH4/c1-2(3)4;1-2-3;/h3-4H2,1H3;2H,3H2,1H3;1H4. The van der Waals surface area contributed by atoms with Crippen LogP contribution < -0.4 is 5.09 Å². The third-order valence-corrected chi connectivity index (χ3v) is 0. The van der Waals surface area contributed by atoms with Crippen LogP contribution in [0.3, 0.4) is 0 Å². The quantitative estimate of drug-likeness (QED) is 0.554. The summed E-state index contributed by atoms with van der Waals surface area (Å²) < 4.78 is 1.83. The van der Waals surface area contributed by atoms with Gasteiger partial charge in [-0.2, -0.15) is 0 Å². The highest BCUT2D eigenvalue weighted by molar-refractivity contribution is 7.30. The first-order valence-corrected chi connectivity index (χ1v) is 3.36. The summed E-state index contributed by atoms with van der Waals surface area (Å²) in [5, 5.41) is 2.67. The molecule has 0 fully saturated rings. The fourth-order valence-electron chi connectivity index (χ4n) is 0. The predicted molar refractivity (Wildman–Crippen MR) is 52.7 cm³/mol.